The van der Waals surface area contributed by atoms with Crippen LogP contribution in [0.5, 0.6) is 0 Å². The number of rotatable bonds is 8. The zero-order valence-corrected chi connectivity index (χ0v) is 13.9. The van der Waals surface area contributed by atoms with E-state index in [4.69, 9.17) is 0 Å². The van der Waals surface area contributed by atoms with Gasteiger partial charge in [0, 0.05) is 5.92 Å². The molecule has 1 atom stereocenters. The van der Waals surface area contributed by atoms with Gasteiger partial charge in [-0.3, -0.25) is 0 Å². The minimum absolute atomic E-state index is 0.620. The fourth-order valence-electron chi connectivity index (χ4n) is 3.74. The van der Waals surface area contributed by atoms with Gasteiger partial charge in [0.25, 0.3) is 0 Å². The van der Waals surface area contributed by atoms with Crippen LogP contribution < -0.4 is 0 Å². The molecular formula is C22H28. The average Bonchev–Trinajstić information content (AvgIpc) is 2.56. The van der Waals surface area contributed by atoms with Gasteiger partial charge in [-0.05, 0) is 28.3 Å². The van der Waals surface area contributed by atoms with Crippen LogP contribution in [0.15, 0.2) is 42.5 Å². The van der Waals surface area contributed by atoms with Crippen LogP contribution in [-0.2, 0) is 0 Å². The Morgan fingerprint density at radius 3 is 2.36 bits per heavy atom. The van der Waals surface area contributed by atoms with E-state index in [1.54, 1.807) is 5.56 Å². The molecular weight excluding hydrogens is 264 g/mol. The predicted molar refractivity (Wildman–Crippen MR) is 98.3 cm³/mol. The molecule has 0 heteroatoms. The maximum absolute atomic E-state index is 2.42. The van der Waals surface area contributed by atoms with Crippen LogP contribution in [0.1, 0.15) is 75.3 Å². The van der Waals surface area contributed by atoms with E-state index in [9.17, 15) is 0 Å². The second kappa shape index (κ2) is 7.63. The zero-order chi connectivity index (χ0) is 15.2. The van der Waals surface area contributed by atoms with Crippen molar-refractivity contribution in [1.29, 1.82) is 0 Å². The van der Waals surface area contributed by atoms with E-state index in [-0.39, 0.29) is 0 Å². The van der Waals surface area contributed by atoms with Crippen LogP contribution in [0.25, 0.3) is 16.8 Å². The summed E-state index contributed by atoms with van der Waals surface area (Å²) in [5.74, 6) is 0.620. The van der Waals surface area contributed by atoms with Crippen LogP contribution in [0, 0.1) is 0 Å². The van der Waals surface area contributed by atoms with Crippen molar-refractivity contribution < 1.29 is 0 Å². The summed E-state index contributed by atoms with van der Waals surface area (Å²) in [4.78, 5) is 0. The third-order valence-corrected chi connectivity index (χ3v) is 5.00. The third kappa shape index (κ3) is 3.43. The fraction of sp³-hybridized carbons (Fsp3) is 0.455. The quantitative estimate of drug-likeness (QED) is 0.455. The minimum Gasteiger partial charge on any atom is -0.0764 e. The summed E-state index contributed by atoms with van der Waals surface area (Å²) < 4.78 is 0. The molecule has 2 aromatic rings. The highest BCUT2D eigenvalue weighted by atomic mass is 14.2. The van der Waals surface area contributed by atoms with Crippen molar-refractivity contribution in [2.45, 2.75) is 64.2 Å². The molecule has 0 saturated carbocycles. The number of benzene rings is 2. The normalized spacial score (nSPS) is 16.3. The second-order valence-corrected chi connectivity index (χ2v) is 6.67. The van der Waals surface area contributed by atoms with Gasteiger partial charge in [0.15, 0.2) is 0 Å². The van der Waals surface area contributed by atoms with Crippen molar-refractivity contribution in [2.24, 2.45) is 0 Å². The van der Waals surface area contributed by atoms with Gasteiger partial charge in [0.1, 0.15) is 0 Å². The first kappa shape index (κ1) is 15.3. The Kier molecular flexibility index (Phi) is 5.32. The molecule has 1 unspecified atom stereocenters. The Morgan fingerprint density at radius 1 is 0.818 bits per heavy atom. The number of hydrogen-bond acceptors (Lipinski definition) is 0. The summed E-state index contributed by atoms with van der Waals surface area (Å²) in [6.45, 7) is 2.29. The van der Waals surface area contributed by atoms with Crippen molar-refractivity contribution in [3.8, 4) is 0 Å². The highest BCUT2D eigenvalue weighted by Crippen LogP contribution is 2.37. The number of hydrogen-bond donors (Lipinski definition) is 0. The summed E-state index contributed by atoms with van der Waals surface area (Å²) in [6.07, 6.45) is 15.8. The lowest BCUT2D eigenvalue weighted by Gasteiger charge is -2.21. The summed E-state index contributed by atoms with van der Waals surface area (Å²) in [7, 11) is 0. The van der Waals surface area contributed by atoms with Gasteiger partial charge >= 0.3 is 0 Å². The van der Waals surface area contributed by atoms with E-state index in [0.717, 1.165) is 0 Å². The molecule has 0 aromatic heterocycles. The summed E-state index contributed by atoms with van der Waals surface area (Å²) in [5.41, 5.74) is 2.94. The van der Waals surface area contributed by atoms with Gasteiger partial charge in [-0.15, -0.1) is 0 Å². The highest BCUT2D eigenvalue weighted by Gasteiger charge is 2.16. The topological polar surface area (TPSA) is 0 Å². The first-order valence-corrected chi connectivity index (χ1v) is 9.10. The van der Waals surface area contributed by atoms with E-state index in [1.165, 1.54) is 67.7 Å². The molecule has 0 fully saturated rings. The summed E-state index contributed by atoms with van der Waals surface area (Å²) in [5, 5.41) is 2.88. The highest BCUT2D eigenvalue weighted by molar-refractivity contribution is 5.95. The molecule has 116 valence electrons. The van der Waals surface area contributed by atoms with Crippen LogP contribution in [-0.4, -0.2) is 0 Å². The minimum atomic E-state index is 0.620. The first-order chi connectivity index (χ1) is 10.9. The molecule has 22 heavy (non-hydrogen) atoms. The molecule has 2 aromatic carbocycles. The van der Waals surface area contributed by atoms with Crippen molar-refractivity contribution >= 4 is 16.8 Å². The number of allylic oxidation sites excluding steroid dienone is 1. The van der Waals surface area contributed by atoms with E-state index >= 15 is 0 Å². The van der Waals surface area contributed by atoms with Gasteiger partial charge in [-0.1, -0.05) is 100 Å². The lowest BCUT2D eigenvalue weighted by Crippen LogP contribution is -2.01. The van der Waals surface area contributed by atoms with Crippen molar-refractivity contribution in [3.63, 3.8) is 0 Å². The molecule has 0 nitrogen and oxygen atoms in total. The molecule has 1 aliphatic rings. The number of unbranched alkanes of at least 4 members (excludes halogenated alkanes) is 6. The summed E-state index contributed by atoms with van der Waals surface area (Å²) >= 11 is 0. The SMILES string of the molecule is CCCCCCCCCC1C=Cc2cccc3cccc1c23. The predicted octanol–water partition coefficient (Wildman–Crippen LogP) is 7.09. The molecule has 3 rings (SSSR count). The lowest BCUT2D eigenvalue weighted by atomic mass is 9.83. The Balaban J connectivity index is 1.58. The Bertz CT molecular complexity index is 630. The fourth-order valence-corrected chi connectivity index (χ4v) is 3.74. The Labute approximate surface area is 135 Å². The van der Waals surface area contributed by atoms with Crippen LogP contribution in [0.4, 0.5) is 0 Å². The maximum atomic E-state index is 2.42. The first-order valence-electron chi connectivity index (χ1n) is 9.10. The van der Waals surface area contributed by atoms with E-state index in [2.05, 4.69) is 55.5 Å². The van der Waals surface area contributed by atoms with Gasteiger partial charge in [-0.2, -0.15) is 0 Å². The molecule has 0 radical (unpaired) electrons. The monoisotopic (exact) mass is 292 g/mol. The van der Waals surface area contributed by atoms with E-state index in [1.807, 2.05) is 0 Å². The molecule has 0 amide bonds. The molecule has 0 spiro atoms. The second-order valence-electron chi connectivity index (χ2n) is 6.67. The standard InChI is InChI=1S/C22H28/c1-2-3-4-5-6-7-8-11-18-16-17-20-13-9-12-19-14-10-15-21(18)22(19)20/h9-10,12-18H,2-8,11H2,1H3. The molecule has 1 aliphatic carbocycles. The van der Waals surface area contributed by atoms with E-state index in [0.29, 0.717) is 5.92 Å². The van der Waals surface area contributed by atoms with Gasteiger partial charge in [0.2, 0.25) is 0 Å². The molecule has 0 heterocycles. The maximum Gasteiger partial charge on any atom is 0.00276 e. The van der Waals surface area contributed by atoms with Crippen molar-refractivity contribution in [2.75, 3.05) is 0 Å². The molecule has 0 saturated heterocycles. The van der Waals surface area contributed by atoms with Crippen molar-refractivity contribution in [1.82, 2.24) is 0 Å². The van der Waals surface area contributed by atoms with Crippen molar-refractivity contribution in [3.05, 3.63) is 53.6 Å². The molecule has 0 aliphatic heterocycles. The smallest absolute Gasteiger partial charge is 0.00276 e. The van der Waals surface area contributed by atoms with Gasteiger partial charge in [-0.25, -0.2) is 0 Å². The Hall–Kier alpha value is -1.56. The van der Waals surface area contributed by atoms with Crippen LogP contribution >= 0.6 is 0 Å². The van der Waals surface area contributed by atoms with Crippen LogP contribution in [0.2, 0.25) is 0 Å². The van der Waals surface area contributed by atoms with E-state index < -0.39 is 0 Å². The largest absolute Gasteiger partial charge is 0.0764 e. The zero-order valence-electron chi connectivity index (χ0n) is 13.9. The third-order valence-electron chi connectivity index (χ3n) is 5.00. The average molecular weight is 292 g/mol. The molecule has 0 N–H and O–H groups in total. The lowest BCUT2D eigenvalue weighted by molar-refractivity contribution is 0.563. The molecule has 0 bridgehead atoms. The van der Waals surface area contributed by atoms with Gasteiger partial charge in [0.05, 0.1) is 0 Å². The van der Waals surface area contributed by atoms with Gasteiger partial charge < -0.3 is 0 Å². The van der Waals surface area contributed by atoms with Crippen LogP contribution in [0.3, 0.4) is 0 Å². The Morgan fingerprint density at radius 2 is 1.55 bits per heavy atom. The summed E-state index contributed by atoms with van der Waals surface area (Å²) in [6, 6.07) is 13.5.